The van der Waals surface area contributed by atoms with E-state index in [9.17, 15) is 0 Å². The quantitative estimate of drug-likeness (QED) is 0.188. The van der Waals surface area contributed by atoms with E-state index in [0.29, 0.717) is 12.4 Å². The number of anilines is 3. The second-order valence-electron chi connectivity index (χ2n) is 14.4. The van der Waals surface area contributed by atoms with Crippen molar-refractivity contribution >= 4 is 49.9 Å². The molecule has 0 fully saturated rings. The molecule has 0 saturated heterocycles. The summed E-state index contributed by atoms with van der Waals surface area (Å²) in [5.41, 5.74) is 21.6. The lowest BCUT2D eigenvalue weighted by Crippen LogP contribution is -2.18. The monoisotopic (exact) mass is 700 g/mol. The number of hydrogen-bond acceptors (Lipinski definition) is 2. The van der Waals surface area contributed by atoms with Crippen LogP contribution < -0.4 is 10.6 Å². The van der Waals surface area contributed by atoms with E-state index in [1.807, 2.05) is 13.8 Å². The standard InChI is InChI=1S/C48H38N4.C2H6/c1-48(2)40-24-14-12-22-36(40)37-27-26-35(30-41(37)48)51-42-25-15-13-23-38(42)39-28-29-43-44(45(39)51)46(47(49)52(43)34-20-10-5-11-21-34)50(33-18-8-4-9-19-33)31-32-16-6-3-7-17-32;1-2/h3-30H,31,49H2,1-2H3;1-2H3. The van der Waals surface area contributed by atoms with Gasteiger partial charge in [0.1, 0.15) is 5.82 Å². The highest BCUT2D eigenvalue weighted by Gasteiger charge is 2.36. The lowest BCUT2D eigenvalue weighted by Gasteiger charge is -2.26. The summed E-state index contributed by atoms with van der Waals surface area (Å²) in [4.78, 5) is 2.40. The van der Waals surface area contributed by atoms with E-state index in [4.69, 9.17) is 5.73 Å². The molecule has 2 aromatic heterocycles. The second kappa shape index (κ2) is 13.2. The lowest BCUT2D eigenvalue weighted by atomic mass is 9.82. The van der Waals surface area contributed by atoms with E-state index in [-0.39, 0.29) is 5.41 Å². The maximum absolute atomic E-state index is 7.48. The van der Waals surface area contributed by atoms with Crippen molar-refractivity contribution in [2.24, 2.45) is 0 Å². The van der Waals surface area contributed by atoms with Crippen LogP contribution in [0.1, 0.15) is 44.4 Å². The summed E-state index contributed by atoms with van der Waals surface area (Å²) in [6.45, 7) is 9.36. The Morgan fingerprint density at radius 1 is 0.537 bits per heavy atom. The molecular weight excluding hydrogens is 657 g/mol. The predicted octanol–water partition coefficient (Wildman–Crippen LogP) is 13.0. The fourth-order valence-corrected chi connectivity index (χ4v) is 8.73. The third-order valence-corrected chi connectivity index (χ3v) is 11.1. The topological polar surface area (TPSA) is 39.1 Å². The zero-order chi connectivity index (χ0) is 37.0. The van der Waals surface area contributed by atoms with Crippen molar-refractivity contribution in [1.29, 1.82) is 0 Å². The summed E-state index contributed by atoms with van der Waals surface area (Å²) in [6, 6.07) is 61.1. The first-order chi connectivity index (χ1) is 26.5. The molecular formula is C50H44N4. The van der Waals surface area contributed by atoms with Gasteiger partial charge in [0.15, 0.2) is 0 Å². The maximum atomic E-state index is 7.48. The fourth-order valence-electron chi connectivity index (χ4n) is 8.73. The Hall–Kier alpha value is -6.52. The van der Waals surface area contributed by atoms with Crippen molar-refractivity contribution in [3.63, 3.8) is 0 Å². The molecule has 0 spiro atoms. The van der Waals surface area contributed by atoms with Crippen LogP contribution in [0.4, 0.5) is 17.2 Å². The van der Waals surface area contributed by atoms with Gasteiger partial charge < -0.3 is 15.2 Å². The SMILES string of the molecule is CC.CC1(C)c2ccccc2-c2ccc(-n3c4ccccc4c4ccc5c(c(N(Cc6ccccc6)c6ccccc6)c(N)n5-c5ccccc5)c43)cc21. The summed E-state index contributed by atoms with van der Waals surface area (Å²) in [7, 11) is 0. The second-order valence-corrected chi connectivity index (χ2v) is 14.4. The number of fused-ring (bicyclic) bond motifs is 8. The van der Waals surface area contributed by atoms with Gasteiger partial charge in [-0.1, -0.05) is 149 Å². The van der Waals surface area contributed by atoms with Crippen molar-refractivity contribution in [3.05, 3.63) is 187 Å². The van der Waals surface area contributed by atoms with Crippen molar-refractivity contribution in [2.45, 2.75) is 39.7 Å². The molecule has 54 heavy (non-hydrogen) atoms. The molecule has 4 nitrogen and oxygen atoms in total. The number of para-hydroxylation sites is 3. The van der Waals surface area contributed by atoms with Gasteiger partial charge >= 0.3 is 0 Å². The molecule has 0 bridgehead atoms. The summed E-state index contributed by atoms with van der Waals surface area (Å²) < 4.78 is 4.71. The third kappa shape index (κ3) is 5.05. The van der Waals surface area contributed by atoms with E-state index in [2.05, 4.69) is 198 Å². The molecule has 264 valence electrons. The zero-order valence-electron chi connectivity index (χ0n) is 31.3. The van der Waals surface area contributed by atoms with Gasteiger partial charge in [0.2, 0.25) is 0 Å². The molecule has 0 radical (unpaired) electrons. The molecule has 0 unspecified atom stereocenters. The number of benzene rings is 7. The van der Waals surface area contributed by atoms with Crippen molar-refractivity contribution in [3.8, 4) is 22.5 Å². The third-order valence-electron chi connectivity index (χ3n) is 11.1. The number of rotatable bonds is 6. The molecule has 2 heterocycles. The van der Waals surface area contributed by atoms with Gasteiger partial charge in [-0.2, -0.15) is 0 Å². The minimum atomic E-state index is -0.123. The van der Waals surface area contributed by atoms with E-state index >= 15 is 0 Å². The molecule has 4 heteroatoms. The van der Waals surface area contributed by atoms with Crippen LogP contribution in [0, 0.1) is 0 Å². The van der Waals surface area contributed by atoms with Gasteiger partial charge in [-0.25, -0.2) is 0 Å². The highest BCUT2D eigenvalue weighted by atomic mass is 15.2. The molecule has 1 aliphatic carbocycles. The lowest BCUT2D eigenvalue weighted by molar-refractivity contribution is 0.660. The molecule has 7 aromatic carbocycles. The minimum Gasteiger partial charge on any atom is -0.383 e. The largest absolute Gasteiger partial charge is 0.383 e. The Labute approximate surface area is 317 Å². The first kappa shape index (κ1) is 33.3. The van der Waals surface area contributed by atoms with Crippen molar-refractivity contribution in [1.82, 2.24) is 9.13 Å². The summed E-state index contributed by atoms with van der Waals surface area (Å²) in [5, 5.41) is 3.54. The smallest absolute Gasteiger partial charge is 0.133 e. The van der Waals surface area contributed by atoms with Gasteiger partial charge in [-0.3, -0.25) is 4.57 Å². The van der Waals surface area contributed by atoms with Crippen molar-refractivity contribution < 1.29 is 0 Å². The average molecular weight is 701 g/mol. The fraction of sp³-hybridized carbons (Fsp3) is 0.120. The highest BCUT2D eigenvalue weighted by Crippen LogP contribution is 2.51. The zero-order valence-corrected chi connectivity index (χ0v) is 31.3. The Balaban J connectivity index is 0.00000189. The summed E-state index contributed by atoms with van der Waals surface area (Å²) in [6.07, 6.45) is 0. The Kier molecular flexibility index (Phi) is 8.12. The van der Waals surface area contributed by atoms with Crippen LogP contribution in [0.3, 0.4) is 0 Å². The molecule has 1 aliphatic rings. The van der Waals surface area contributed by atoms with Gasteiger partial charge in [0, 0.05) is 39.8 Å². The van der Waals surface area contributed by atoms with Crippen LogP contribution in [0.15, 0.2) is 170 Å². The molecule has 0 saturated carbocycles. The van der Waals surface area contributed by atoms with E-state index in [0.717, 1.165) is 39.2 Å². The molecule has 0 amide bonds. The number of aromatic nitrogens is 2. The minimum absolute atomic E-state index is 0.123. The molecule has 10 rings (SSSR count). The van der Waals surface area contributed by atoms with Crippen LogP contribution in [0.5, 0.6) is 0 Å². The van der Waals surface area contributed by atoms with Crippen LogP contribution in [0.25, 0.3) is 55.2 Å². The Morgan fingerprint density at radius 2 is 1.17 bits per heavy atom. The molecule has 9 aromatic rings. The average Bonchev–Trinajstić information content (AvgIpc) is 3.80. The molecule has 2 N–H and O–H groups in total. The van der Waals surface area contributed by atoms with Crippen LogP contribution in [0.2, 0.25) is 0 Å². The van der Waals surface area contributed by atoms with Crippen LogP contribution in [-0.2, 0) is 12.0 Å². The van der Waals surface area contributed by atoms with Crippen LogP contribution in [-0.4, -0.2) is 9.13 Å². The number of hydrogen-bond donors (Lipinski definition) is 1. The first-order valence-electron chi connectivity index (χ1n) is 19.0. The maximum Gasteiger partial charge on any atom is 0.133 e. The normalized spacial score (nSPS) is 12.7. The number of nitrogens with two attached hydrogens (primary N) is 1. The van der Waals surface area contributed by atoms with Gasteiger partial charge in [-0.05, 0) is 76.3 Å². The molecule has 0 atom stereocenters. The summed E-state index contributed by atoms with van der Waals surface area (Å²) >= 11 is 0. The van der Waals surface area contributed by atoms with E-state index < -0.39 is 0 Å². The summed E-state index contributed by atoms with van der Waals surface area (Å²) in [5.74, 6) is 0.704. The van der Waals surface area contributed by atoms with Gasteiger partial charge in [0.25, 0.3) is 0 Å². The van der Waals surface area contributed by atoms with E-state index in [1.54, 1.807) is 0 Å². The molecule has 0 aliphatic heterocycles. The Bertz CT molecular complexity index is 2790. The number of nitrogens with zero attached hydrogens (tertiary/aromatic N) is 3. The predicted molar refractivity (Wildman–Crippen MR) is 230 cm³/mol. The highest BCUT2D eigenvalue weighted by molar-refractivity contribution is 6.24. The number of nitrogen functional groups attached to an aromatic ring is 1. The van der Waals surface area contributed by atoms with E-state index in [1.165, 1.54) is 44.1 Å². The first-order valence-corrected chi connectivity index (χ1v) is 19.0. The van der Waals surface area contributed by atoms with Crippen molar-refractivity contribution in [2.75, 3.05) is 10.6 Å². The van der Waals surface area contributed by atoms with Gasteiger partial charge in [0.05, 0.1) is 27.6 Å². The Morgan fingerprint density at radius 3 is 1.93 bits per heavy atom. The van der Waals surface area contributed by atoms with Gasteiger partial charge in [-0.15, -0.1) is 0 Å². The van der Waals surface area contributed by atoms with Crippen LogP contribution >= 0.6 is 0 Å².